The molecule has 2 saturated heterocycles. The lowest BCUT2D eigenvalue weighted by atomic mass is 10.0. The highest BCUT2D eigenvalue weighted by molar-refractivity contribution is 7.99. The minimum absolute atomic E-state index is 0.0550. The highest BCUT2D eigenvalue weighted by atomic mass is 32.2. The van der Waals surface area contributed by atoms with E-state index in [2.05, 4.69) is 43.7 Å². The molecule has 156 valence electrons. The molecule has 0 unspecified atom stereocenters. The molecule has 2 aliphatic heterocycles. The molecule has 8 nitrogen and oxygen atoms in total. The Bertz CT molecular complexity index is 678. The second-order valence-electron chi connectivity index (χ2n) is 8.56. The molecule has 3 aliphatic rings. The Morgan fingerprint density at radius 2 is 1.89 bits per heavy atom. The number of nitrogens with one attached hydrogen (secondary N) is 1. The fourth-order valence-corrected chi connectivity index (χ4v) is 4.76. The van der Waals surface area contributed by atoms with E-state index < -0.39 is 0 Å². The van der Waals surface area contributed by atoms with Gasteiger partial charge in [0.05, 0.1) is 19.0 Å². The number of morpholine rings is 1. The highest BCUT2D eigenvalue weighted by Gasteiger charge is 2.33. The first-order chi connectivity index (χ1) is 13.5. The predicted octanol–water partition coefficient (Wildman–Crippen LogP) is 1.53. The third-order valence-electron chi connectivity index (χ3n) is 5.87. The average molecular weight is 409 g/mol. The van der Waals surface area contributed by atoms with Gasteiger partial charge in [-0.3, -0.25) is 14.3 Å². The summed E-state index contributed by atoms with van der Waals surface area (Å²) in [6.45, 7) is 10.5. The van der Waals surface area contributed by atoms with Crippen LogP contribution < -0.4 is 10.2 Å². The van der Waals surface area contributed by atoms with Crippen molar-refractivity contribution in [2.75, 3.05) is 56.6 Å². The number of amides is 1. The smallest absolute Gasteiger partial charge is 0.230 e. The van der Waals surface area contributed by atoms with E-state index in [4.69, 9.17) is 4.74 Å². The van der Waals surface area contributed by atoms with Gasteiger partial charge in [0.1, 0.15) is 0 Å². The minimum Gasteiger partial charge on any atom is -0.379 e. The first kappa shape index (κ1) is 20.0. The molecule has 3 fully saturated rings. The number of hydrogen-bond donors (Lipinski definition) is 1. The number of anilines is 1. The van der Waals surface area contributed by atoms with Gasteiger partial charge in [-0.2, -0.15) is 0 Å². The third kappa shape index (κ3) is 4.63. The van der Waals surface area contributed by atoms with Crippen molar-refractivity contribution in [2.24, 2.45) is 0 Å². The lowest BCUT2D eigenvalue weighted by molar-refractivity contribution is -0.119. The monoisotopic (exact) mass is 408 g/mol. The maximum absolute atomic E-state index is 12.5. The van der Waals surface area contributed by atoms with Crippen molar-refractivity contribution in [1.29, 1.82) is 0 Å². The Balaban J connectivity index is 1.30. The maximum Gasteiger partial charge on any atom is 0.230 e. The molecular weight excluding hydrogens is 376 g/mol. The summed E-state index contributed by atoms with van der Waals surface area (Å²) in [5.41, 5.74) is -0.0684. The van der Waals surface area contributed by atoms with Gasteiger partial charge in [0.2, 0.25) is 11.9 Å². The summed E-state index contributed by atoms with van der Waals surface area (Å²) in [5.74, 6) is 1.43. The molecule has 3 heterocycles. The number of thioether (sulfide) groups is 1. The zero-order chi connectivity index (χ0) is 19.6. The van der Waals surface area contributed by atoms with E-state index in [1.165, 1.54) is 37.4 Å². The van der Waals surface area contributed by atoms with Crippen LogP contribution in [-0.2, 0) is 9.53 Å². The van der Waals surface area contributed by atoms with E-state index in [1.807, 2.05) is 0 Å². The number of ether oxygens (including phenoxy) is 1. The van der Waals surface area contributed by atoms with E-state index in [0.717, 1.165) is 50.5 Å². The van der Waals surface area contributed by atoms with Gasteiger partial charge in [0, 0.05) is 44.3 Å². The lowest BCUT2D eigenvalue weighted by Gasteiger charge is -2.40. The molecule has 1 aromatic heterocycles. The number of aromatic nitrogens is 3. The molecule has 1 N–H and O–H groups in total. The van der Waals surface area contributed by atoms with Crippen molar-refractivity contribution in [3.05, 3.63) is 0 Å². The first-order valence-corrected chi connectivity index (χ1v) is 11.5. The van der Waals surface area contributed by atoms with E-state index in [-0.39, 0.29) is 11.4 Å². The summed E-state index contributed by atoms with van der Waals surface area (Å²) in [6, 6.07) is 0.511. The standard InChI is InChI=1S/C19H32N6O2S/c1-19(2,24-9-11-27-12-10-24)14-20-16(26)13-28-18-22-21-17(23-7-3-4-8-23)25(18)15-5-6-15/h15H,3-14H2,1-2H3,(H,20,26). The van der Waals surface area contributed by atoms with Crippen LogP contribution in [0, 0.1) is 0 Å². The summed E-state index contributed by atoms with van der Waals surface area (Å²) in [7, 11) is 0. The van der Waals surface area contributed by atoms with Crippen LogP contribution in [0.2, 0.25) is 0 Å². The number of nitrogens with zero attached hydrogens (tertiary/aromatic N) is 5. The molecule has 4 rings (SSSR count). The van der Waals surface area contributed by atoms with Gasteiger partial charge in [-0.05, 0) is 39.5 Å². The largest absolute Gasteiger partial charge is 0.379 e. The Hall–Kier alpha value is -1.32. The molecule has 0 aromatic carbocycles. The zero-order valence-corrected chi connectivity index (χ0v) is 17.8. The van der Waals surface area contributed by atoms with Crippen LogP contribution in [0.4, 0.5) is 5.95 Å². The van der Waals surface area contributed by atoms with E-state index in [9.17, 15) is 4.79 Å². The number of rotatable bonds is 8. The van der Waals surface area contributed by atoms with Gasteiger partial charge >= 0.3 is 0 Å². The predicted molar refractivity (Wildman–Crippen MR) is 110 cm³/mol. The molecule has 1 aliphatic carbocycles. The Kier molecular flexibility index (Phi) is 6.13. The van der Waals surface area contributed by atoms with Crippen LogP contribution in [-0.4, -0.2) is 82.8 Å². The Labute approximate surface area is 171 Å². The van der Waals surface area contributed by atoms with Crippen LogP contribution >= 0.6 is 11.8 Å². The quantitative estimate of drug-likeness (QED) is 0.654. The number of hydrogen-bond acceptors (Lipinski definition) is 7. The fraction of sp³-hybridized carbons (Fsp3) is 0.842. The summed E-state index contributed by atoms with van der Waals surface area (Å²) >= 11 is 1.51. The Morgan fingerprint density at radius 1 is 1.18 bits per heavy atom. The van der Waals surface area contributed by atoms with Gasteiger partial charge < -0.3 is 15.0 Å². The first-order valence-electron chi connectivity index (χ1n) is 10.5. The molecule has 0 radical (unpaired) electrons. The minimum atomic E-state index is -0.0684. The summed E-state index contributed by atoms with van der Waals surface area (Å²) in [5, 5.41) is 12.8. The van der Waals surface area contributed by atoms with Gasteiger partial charge in [0.25, 0.3) is 0 Å². The van der Waals surface area contributed by atoms with Gasteiger partial charge in [-0.1, -0.05) is 11.8 Å². The van der Waals surface area contributed by atoms with Crippen molar-refractivity contribution in [1.82, 2.24) is 25.0 Å². The summed E-state index contributed by atoms with van der Waals surface area (Å²) < 4.78 is 7.70. The van der Waals surface area contributed by atoms with Crippen LogP contribution in [0.15, 0.2) is 5.16 Å². The van der Waals surface area contributed by atoms with Crippen LogP contribution in [0.1, 0.15) is 45.6 Å². The van der Waals surface area contributed by atoms with Crippen LogP contribution in [0.25, 0.3) is 0 Å². The van der Waals surface area contributed by atoms with Crippen molar-refractivity contribution < 1.29 is 9.53 Å². The number of carbonyl (C=O) groups is 1. The van der Waals surface area contributed by atoms with Crippen molar-refractivity contribution in [3.8, 4) is 0 Å². The molecule has 0 bridgehead atoms. The second-order valence-corrected chi connectivity index (χ2v) is 9.50. The Morgan fingerprint density at radius 3 is 2.57 bits per heavy atom. The number of carbonyl (C=O) groups excluding carboxylic acids is 1. The SMILES string of the molecule is CC(C)(CNC(=O)CSc1nnc(N2CCCC2)n1C1CC1)N1CCOCC1. The third-order valence-corrected chi connectivity index (χ3v) is 6.81. The average Bonchev–Trinajstić information content (AvgIpc) is 3.22. The van der Waals surface area contributed by atoms with E-state index in [1.54, 1.807) is 0 Å². The van der Waals surface area contributed by atoms with Crippen molar-refractivity contribution in [3.63, 3.8) is 0 Å². The molecule has 1 amide bonds. The fourth-order valence-electron chi connectivity index (χ4n) is 3.93. The van der Waals surface area contributed by atoms with Gasteiger partial charge in [0.15, 0.2) is 5.16 Å². The molecule has 0 atom stereocenters. The van der Waals surface area contributed by atoms with Gasteiger partial charge in [-0.15, -0.1) is 10.2 Å². The van der Waals surface area contributed by atoms with Crippen LogP contribution in [0.5, 0.6) is 0 Å². The maximum atomic E-state index is 12.5. The van der Waals surface area contributed by atoms with Crippen molar-refractivity contribution in [2.45, 2.75) is 56.3 Å². The lowest BCUT2D eigenvalue weighted by Crippen LogP contribution is -2.55. The van der Waals surface area contributed by atoms with Crippen LogP contribution in [0.3, 0.4) is 0 Å². The van der Waals surface area contributed by atoms with E-state index >= 15 is 0 Å². The molecule has 1 saturated carbocycles. The normalized spacial score (nSPS) is 21.3. The topological polar surface area (TPSA) is 75.5 Å². The second kappa shape index (κ2) is 8.59. The highest BCUT2D eigenvalue weighted by Crippen LogP contribution is 2.41. The summed E-state index contributed by atoms with van der Waals surface area (Å²) in [6.07, 6.45) is 4.82. The molecule has 9 heteroatoms. The van der Waals surface area contributed by atoms with E-state index in [0.29, 0.717) is 18.3 Å². The van der Waals surface area contributed by atoms with Crippen molar-refractivity contribution >= 4 is 23.6 Å². The molecular formula is C19H32N6O2S. The summed E-state index contributed by atoms with van der Waals surface area (Å²) in [4.78, 5) is 17.2. The molecule has 28 heavy (non-hydrogen) atoms. The zero-order valence-electron chi connectivity index (χ0n) is 17.0. The van der Waals surface area contributed by atoms with Gasteiger partial charge in [-0.25, -0.2) is 0 Å². The molecule has 0 spiro atoms. The molecule has 1 aromatic rings.